The van der Waals surface area contributed by atoms with Crippen molar-refractivity contribution in [2.45, 2.75) is 19.3 Å². The van der Waals surface area contributed by atoms with Gasteiger partial charge in [0.15, 0.2) is 9.84 Å². The molecule has 1 aromatic heterocycles. The summed E-state index contributed by atoms with van der Waals surface area (Å²) in [6.45, 7) is 0.932. The fourth-order valence-corrected chi connectivity index (χ4v) is 4.90. The molecular formula is C11H18N2O2S2. The third kappa shape index (κ3) is 3.76. The van der Waals surface area contributed by atoms with Crippen molar-refractivity contribution in [2.75, 3.05) is 25.1 Å². The minimum Gasteiger partial charge on any atom is -0.319 e. The van der Waals surface area contributed by atoms with E-state index in [1.807, 2.05) is 7.05 Å². The van der Waals surface area contributed by atoms with Crippen molar-refractivity contribution in [3.63, 3.8) is 0 Å². The number of hydrogen-bond donors (Lipinski definition) is 1. The molecule has 1 atom stereocenters. The molecule has 1 unspecified atom stereocenters. The molecular weight excluding hydrogens is 256 g/mol. The van der Waals surface area contributed by atoms with Crippen LogP contribution in [0.5, 0.6) is 0 Å². The zero-order valence-corrected chi connectivity index (χ0v) is 11.6. The van der Waals surface area contributed by atoms with Gasteiger partial charge in [0.25, 0.3) is 0 Å². The van der Waals surface area contributed by atoms with Gasteiger partial charge in [-0.2, -0.15) is 0 Å². The molecule has 17 heavy (non-hydrogen) atoms. The van der Waals surface area contributed by atoms with Gasteiger partial charge in [-0.05, 0) is 19.4 Å². The summed E-state index contributed by atoms with van der Waals surface area (Å²) in [6.07, 6.45) is 2.56. The van der Waals surface area contributed by atoms with Crippen LogP contribution in [0.15, 0.2) is 5.38 Å². The van der Waals surface area contributed by atoms with E-state index in [2.05, 4.69) is 15.7 Å². The fourth-order valence-electron chi connectivity index (χ4n) is 2.09. The Kier molecular flexibility index (Phi) is 4.17. The molecule has 1 fully saturated rings. The maximum absolute atomic E-state index is 11.4. The zero-order chi connectivity index (χ0) is 12.3. The van der Waals surface area contributed by atoms with E-state index in [0.29, 0.717) is 11.5 Å². The highest BCUT2D eigenvalue weighted by molar-refractivity contribution is 7.91. The highest BCUT2D eigenvalue weighted by Crippen LogP contribution is 2.24. The molecule has 0 aromatic carbocycles. The van der Waals surface area contributed by atoms with E-state index >= 15 is 0 Å². The average Bonchev–Trinajstić information content (AvgIpc) is 2.83. The van der Waals surface area contributed by atoms with E-state index in [9.17, 15) is 8.42 Å². The topological polar surface area (TPSA) is 59.1 Å². The zero-order valence-electron chi connectivity index (χ0n) is 9.98. The predicted molar refractivity (Wildman–Crippen MR) is 70.2 cm³/mol. The Hall–Kier alpha value is -0.460. The van der Waals surface area contributed by atoms with Crippen molar-refractivity contribution in [2.24, 2.45) is 5.92 Å². The molecule has 1 aliphatic heterocycles. The van der Waals surface area contributed by atoms with Crippen LogP contribution in [0.3, 0.4) is 0 Å². The quantitative estimate of drug-likeness (QED) is 0.866. The molecule has 0 bridgehead atoms. The third-order valence-corrected chi connectivity index (χ3v) is 5.78. The number of sulfone groups is 1. The summed E-state index contributed by atoms with van der Waals surface area (Å²) in [5.74, 6) is 0.983. The van der Waals surface area contributed by atoms with Crippen molar-refractivity contribution >= 4 is 21.2 Å². The van der Waals surface area contributed by atoms with Crippen molar-refractivity contribution in [1.29, 1.82) is 0 Å². The highest BCUT2D eigenvalue weighted by atomic mass is 32.2. The maximum atomic E-state index is 11.4. The lowest BCUT2D eigenvalue weighted by molar-refractivity contribution is 0.581. The summed E-state index contributed by atoms with van der Waals surface area (Å²) in [6, 6.07) is 0. The van der Waals surface area contributed by atoms with Crippen molar-refractivity contribution in [3.8, 4) is 0 Å². The maximum Gasteiger partial charge on any atom is 0.150 e. The lowest BCUT2D eigenvalue weighted by Gasteiger charge is -2.03. The molecule has 1 aliphatic rings. The smallest absolute Gasteiger partial charge is 0.150 e. The monoisotopic (exact) mass is 274 g/mol. The minimum atomic E-state index is -2.76. The van der Waals surface area contributed by atoms with Crippen molar-refractivity contribution < 1.29 is 8.42 Å². The second-order valence-corrected chi connectivity index (χ2v) is 7.73. The molecule has 1 aromatic rings. The summed E-state index contributed by atoms with van der Waals surface area (Å²) in [5.41, 5.74) is 1.11. The summed E-state index contributed by atoms with van der Waals surface area (Å²) < 4.78 is 22.7. The second-order valence-electron chi connectivity index (χ2n) is 4.56. The Morgan fingerprint density at radius 1 is 1.59 bits per heavy atom. The fraction of sp³-hybridized carbons (Fsp3) is 0.727. The van der Waals surface area contributed by atoms with Crippen molar-refractivity contribution in [3.05, 3.63) is 16.1 Å². The SMILES string of the molecule is CNCCc1csc(CC2CCS(=O)(=O)C2)n1. The summed E-state index contributed by atoms with van der Waals surface area (Å²) >= 11 is 1.65. The largest absolute Gasteiger partial charge is 0.319 e. The average molecular weight is 274 g/mol. The van der Waals surface area contributed by atoms with E-state index in [-0.39, 0.29) is 5.92 Å². The van der Waals surface area contributed by atoms with Crippen LogP contribution in [0.4, 0.5) is 0 Å². The Morgan fingerprint density at radius 3 is 3.06 bits per heavy atom. The van der Waals surface area contributed by atoms with Crippen LogP contribution >= 0.6 is 11.3 Å². The Morgan fingerprint density at radius 2 is 2.41 bits per heavy atom. The molecule has 4 nitrogen and oxygen atoms in total. The standard InChI is InChI=1S/C11H18N2O2S2/c1-12-4-2-10-7-16-11(13-10)6-9-3-5-17(14,15)8-9/h7,9,12H,2-6,8H2,1H3. The second kappa shape index (κ2) is 5.46. The molecule has 2 rings (SSSR count). The number of nitrogens with one attached hydrogen (secondary N) is 1. The molecule has 0 amide bonds. The lowest BCUT2D eigenvalue weighted by Crippen LogP contribution is -2.11. The molecule has 0 radical (unpaired) electrons. The van der Waals surface area contributed by atoms with Gasteiger partial charge in [-0.1, -0.05) is 0 Å². The molecule has 1 saturated heterocycles. The van der Waals surface area contributed by atoms with Crippen LogP contribution in [0.25, 0.3) is 0 Å². The molecule has 0 spiro atoms. The molecule has 96 valence electrons. The van der Waals surface area contributed by atoms with Gasteiger partial charge >= 0.3 is 0 Å². The summed E-state index contributed by atoms with van der Waals surface area (Å²) in [4.78, 5) is 4.54. The first-order valence-corrected chi connectivity index (χ1v) is 8.57. The molecule has 0 saturated carbocycles. The summed E-state index contributed by atoms with van der Waals surface area (Å²) in [5, 5.41) is 6.26. The van der Waals surface area contributed by atoms with Crippen molar-refractivity contribution in [1.82, 2.24) is 10.3 Å². The van der Waals surface area contributed by atoms with Crippen LogP contribution < -0.4 is 5.32 Å². The van der Waals surface area contributed by atoms with Crippen LogP contribution in [0, 0.1) is 5.92 Å². The number of thiazole rings is 1. The Bertz CT molecular complexity index is 468. The van der Waals surface area contributed by atoms with Gasteiger partial charge in [-0.15, -0.1) is 11.3 Å². The van der Waals surface area contributed by atoms with Crippen LogP contribution in [-0.2, 0) is 22.7 Å². The van der Waals surface area contributed by atoms with Gasteiger partial charge in [0.1, 0.15) is 0 Å². The lowest BCUT2D eigenvalue weighted by atomic mass is 10.1. The summed E-state index contributed by atoms with van der Waals surface area (Å²) in [7, 11) is -0.829. The van der Waals surface area contributed by atoms with Gasteiger partial charge in [-0.25, -0.2) is 13.4 Å². The van der Waals surface area contributed by atoms with E-state index in [1.165, 1.54) is 0 Å². The normalized spacial score (nSPS) is 23.0. The number of hydrogen-bond acceptors (Lipinski definition) is 5. The Labute approximate surface area is 106 Å². The first kappa shape index (κ1) is 13.0. The number of aromatic nitrogens is 1. The number of nitrogens with zero attached hydrogens (tertiary/aromatic N) is 1. The minimum absolute atomic E-state index is 0.281. The van der Waals surface area contributed by atoms with Crippen LogP contribution in [0.1, 0.15) is 17.1 Å². The number of likely N-dealkylation sites (N-methyl/N-ethyl adjacent to an activating group) is 1. The number of rotatable bonds is 5. The van der Waals surface area contributed by atoms with E-state index < -0.39 is 9.84 Å². The first-order chi connectivity index (χ1) is 8.09. The van der Waals surface area contributed by atoms with Gasteiger partial charge in [0.05, 0.1) is 22.2 Å². The van der Waals surface area contributed by atoms with E-state index in [4.69, 9.17) is 0 Å². The molecule has 0 aliphatic carbocycles. The Balaban J connectivity index is 1.89. The van der Waals surface area contributed by atoms with Gasteiger partial charge in [0.2, 0.25) is 0 Å². The van der Waals surface area contributed by atoms with Gasteiger partial charge in [0, 0.05) is 24.8 Å². The van der Waals surface area contributed by atoms with Gasteiger partial charge < -0.3 is 5.32 Å². The van der Waals surface area contributed by atoms with E-state index in [1.54, 1.807) is 11.3 Å². The third-order valence-electron chi connectivity index (χ3n) is 3.02. The predicted octanol–water partition coefficient (Wildman–Crippen LogP) is 0.882. The highest BCUT2D eigenvalue weighted by Gasteiger charge is 2.28. The molecule has 6 heteroatoms. The first-order valence-electron chi connectivity index (χ1n) is 5.87. The molecule has 2 heterocycles. The molecule has 1 N–H and O–H groups in total. The van der Waals surface area contributed by atoms with Gasteiger partial charge in [-0.3, -0.25) is 0 Å². The van der Waals surface area contributed by atoms with Crippen LogP contribution in [0.2, 0.25) is 0 Å². The van der Waals surface area contributed by atoms with Crippen LogP contribution in [-0.4, -0.2) is 38.5 Å². The van der Waals surface area contributed by atoms with E-state index in [0.717, 1.165) is 36.5 Å².